The molecular weight excluding hydrogens is 262 g/mol. The molecule has 1 N–H and O–H groups in total. The second-order valence-corrected chi connectivity index (χ2v) is 7.22. The molecule has 0 radical (unpaired) electrons. The topological polar surface area (TPSA) is 42.2 Å². The first-order valence-corrected chi connectivity index (χ1v) is 7.55. The zero-order chi connectivity index (χ0) is 15.4. The summed E-state index contributed by atoms with van der Waals surface area (Å²) in [5, 5.41) is 10.2. The van der Waals surface area contributed by atoms with E-state index in [0.717, 1.165) is 16.5 Å². The van der Waals surface area contributed by atoms with Crippen LogP contribution in [0.3, 0.4) is 0 Å². The fourth-order valence-electron chi connectivity index (χ4n) is 3.74. The minimum Gasteiger partial charge on any atom is -0.395 e. The van der Waals surface area contributed by atoms with Crippen LogP contribution in [0.2, 0.25) is 0 Å². The fraction of sp³-hybridized carbons (Fsp3) is 0.500. The number of aromatic nitrogens is 1. The predicted octanol–water partition coefficient (Wildman–Crippen LogP) is 3.50. The summed E-state index contributed by atoms with van der Waals surface area (Å²) >= 11 is 0. The van der Waals surface area contributed by atoms with Gasteiger partial charge < -0.3 is 9.67 Å². The molecule has 0 bridgehead atoms. The van der Waals surface area contributed by atoms with E-state index in [9.17, 15) is 9.90 Å². The third kappa shape index (κ3) is 1.87. The van der Waals surface area contributed by atoms with E-state index < -0.39 is 0 Å². The highest BCUT2D eigenvalue weighted by atomic mass is 16.3. The Bertz CT molecular complexity index is 695. The Morgan fingerprint density at radius 3 is 2.38 bits per heavy atom. The summed E-state index contributed by atoms with van der Waals surface area (Å²) in [5.74, 6) is 0.302. The fourth-order valence-corrected chi connectivity index (χ4v) is 3.74. The molecule has 1 fully saturated rings. The van der Waals surface area contributed by atoms with E-state index >= 15 is 0 Å². The lowest BCUT2D eigenvalue weighted by molar-refractivity contribution is 0.0946. The van der Waals surface area contributed by atoms with Crippen LogP contribution in [0.4, 0.5) is 0 Å². The van der Waals surface area contributed by atoms with Crippen LogP contribution in [0.1, 0.15) is 38.1 Å². The highest BCUT2D eigenvalue weighted by Gasteiger charge is 2.68. The second kappa shape index (κ2) is 4.44. The Labute approximate surface area is 125 Å². The van der Waals surface area contributed by atoms with Crippen LogP contribution in [0.15, 0.2) is 30.5 Å². The summed E-state index contributed by atoms with van der Waals surface area (Å²) in [6.07, 6.45) is 1.91. The number of fused-ring (bicyclic) bond motifs is 1. The number of carbonyl (C=O) groups is 1. The number of nitrogens with zero attached hydrogens (tertiary/aromatic N) is 1. The SMILES string of the molecule is CC1(C)C(C(=O)c2cn(CCO)c3ccccc23)C1(C)C. The maximum atomic E-state index is 13.0. The average Bonchev–Trinajstić information content (AvgIpc) is 2.72. The van der Waals surface area contributed by atoms with Crippen LogP contribution in [0.5, 0.6) is 0 Å². The molecule has 1 aromatic carbocycles. The molecule has 1 aromatic heterocycles. The molecule has 0 saturated heterocycles. The summed E-state index contributed by atoms with van der Waals surface area (Å²) < 4.78 is 1.98. The van der Waals surface area contributed by atoms with Crippen LogP contribution >= 0.6 is 0 Å². The lowest BCUT2D eigenvalue weighted by atomic mass is 10.0. The summed E-state index contributed by atoms with van der Waals surface area (Å²) in [7, 11) is 0. The first-order chi connectivity index (χ1) is 9.82. The van der Waals surface area contributed by atoms with E-state index in [1.165, 1.54) is 0 Å². The minimum atomic E-state index is 0.0459. The summed E-state index contributed by atoms with van der Waals surface area (Å²) in [6, 6.07) is 7.94. The third-order valence-corrected chi connectivity index (χ3v) is 5.68. The van der Waals surface area contributed by atoms with Crippen LogP contribution in [-0.4, -0.2) is 22.1 Å². The molecule has 1 saturated carbocycles. The zero-order valence-corrected chi connectivity index (χ0v) is 13.2. The standard InChI is InChI=1S/C18H23NO2/c1-17(2)16(18(17,3)4)15(21)13-11-19(9-10-20)14-8-6-5-7-12(13)14/h5-8,11,16,20H,9-10H2,1-4H3. The van der Waals surface area contributed by atoms with Crippen molar-refractivity contribution in [3.05, 3.63) is 36.0 Å². The molecule has 21 heavy (non-hydrogen) atoms. The van der Waals surface area contributed by atoms with Crippen molar-refractivity contribution >= 4 is 16.7 Å². The summed E-state index contributed by atoms with van der Waals surface area (Å²) in [4.78, 5) is 13.0. The first-order valence-electron chi connectivity index (χ1n) is 7.55. The number of aliphatic hydroxyl groups excluding tert-OH is 1. The molecule has 3 nitrogen and oxygen atoms in total. The van der Waals surface area contributed by atoms with Gasteiger partial charge in [-0.1, -0.05) is 45.9 Å². The number of aliphatic hydroxyl groups is 1. The summed E-state index contributed by atoms with van der Waals surface area (Å²) in [5.41, 5.74) is 1.91. The van der Waals surface area contributed by atoms with E-state index in [2.05, 4.69) is 27.7 Å². The highest BCUT2D eigenvalue weighted by Crippen LogP contribution is 2.69. The van der Waals surface area contributed by atoms with Gasteiger partial charge in [0, 0.05) is 35.1 Å². The Morgan fingerprint density at radius 1 is 1.19 bits per heavy atom. The third-order valence-electron chi connectivity index (χ3n) is 5.68. The Morgan fingerprint density at radius 2 is 1.81 bits per heavy atom. The van der Waals surface area contributed by atoms with Crippen molar-refractivity contribution in [1.82, 2.24) is 4.57 Å². The van der Waals surface area contributed by atoms with Gasteiger partial charge in [-0.25, -0.2) is 0 Å². The molecule has 0 atom stereocenters. The van der Waals surface area contributed by atoms with E-state index in [1.807, 2.05) is 35.0 Å². The van der Waals surface area contributed by atoms with Crippen molar-refractivity contribution < 1.29 is 9.90 Å². The smallest absolute Gasteiger partial charge is 0.169 e. The number of Topliss-reactive ketones (excluding diaryl/α,β-unsaturated/α-hetero) is 1. The molecule has 2 aromatic rings. The Hall–Kier alpha value is -1.61. The number of carbonyl (C=O) groups excluding carboxylic acids is 1. The molecule has 1 aliphatic rings. The van der Waals surface area contributed by atoms with Gasteiger partial charge in [0.05, 0.1) is 6.61 Å². The Kier molecular flexibility index (Phi) is 3.03. The van der Waals surface area contributed by atoms with Crippen molar-refractivity contribution in [2.75, 3.05) is 6.61 Å². The van der Waals surface area contributed by atoms with E-state index in [-0.39, 0.29) is 29.1 Å². The van der Waals surface area contributed by atoms with Gasteiger partial charge in [0.2, 0.25) is 0 Å². The molecule has 3 rings (SSSR count). The predicted molar refractivity (Wildman–Crippen MR) is 84.4 cm³/mol. The van der Waals surface area contributed by atoms with Gasteiger partial charge in [-0.3, -0.25) is 4.79 Å². The van der Waals surface area contributed by atoms with Crippen molar-refractivity contribution in [3.8, 4) is 0 Å². The number of hydrogen-bond acceptors (Lipinski definition) is 2. The van der Waals surface area contributed by atoms with Crippen LogP contribution in [0.25, 0.3) is 10.9 Å². The first kappa shape index (κ1) is 14.3. The van der Waals surface area contributed by atoms with Crippen molar-refractivity contribution in [1.29, 1.82) is 0 Å². The molecule has 0 amide bonds. The van der Waals surface area contributed by atoms with Crippen molar-refractivity contribution in [2.24, 2.45) is 16.7 Å². The van der Waals surface area contributed by atoms with Crippen molar-refractivity contribution in [3.63, 3.8) is 0 Å². The molecule has 3 heteroatoms. The molecular formula is C18H23NO2. The lowest BCUT2D eigenvalue weighted by Gasteiger charge is -2.03. The highest BCUT2D eigenvalue weighted by molar-refractivity contribution is 6.11. The van der Waals surface area contributed by atoms with E-state index in [4.69, 9.17) is 0 Å². The quantitative estimate of drug-likeness (QED) is 0.874. The van der Waals surface area contributed by atoms with Gasteiger partial charge in [-0.05, 0) is 16.9 Å². The monoisotopic (exact) mass is 285 g/mol. The molecule has 0 spiro atoms. The maximum Gasteiger partial charge on any atom is 0.169 e. The largest absolute Gasteiger partial charge is 0.395 e. The van der Waals surface area contributed by atoms with Gasteiger partial charge in [0.25, 0.3) is 0 Å². The van der Waals surface area contributed by atoms with Gasteiger partial charge in [0.15, 0.2) is 5.78 Å². The molecule has 1 heterocycles. The zero-order valence-electron chi connectivity index (χ0n) is 13.2. The summed E-state index contributed by atoms with van der Waals surface area (Å²) in [6.45, 7) is 9.27. The van der Waals surface area contributed by atoms with E-state index in [1.54, 1.807) is 0 Å². The number of rotatable bonds is 4. The molecule has 1 aliphatic carbocycles. The van der Waals surface area contributed by atoms with Gasteiger partial charge in [-0.2, -0.15) is 0 Å². The average molecular weight is 285 g/mol. The number of para-hydroxylation sites is 1. The van der Waals surface area contributed by atoms with Gasteiger partial charge >= 0.3 is 0 Å². The molecule has 112 valence electrons. The normalized spacial score (nSPS) is 19.9. The maximum absolute atomic E-state index is 13.0. The second-order valence-electron chi connectivity index (χ2n) is 7.22. The van der Waals surface area contributed by atoms with Crippen molar-refractivity contribution in [2.45, 2.75) is 34.2 Å². The van der Waals surface area contributed by atoms with Gasteiger partial charge in [0.1, 0.15) is 0 Å². The number of ketones is 1. The molecule has 0 aliphatic heterocycles. The van der Waals surface area contributed by atoms with Gasteiger partial charge in [-0.15, -0.1) is 0 Å². The van der Waals surface area contributed by atoms with E-state index in [0.29, 0.717) is 6.54 Å². The Balaban J connectivity index is 2.08. The number of hydrogen-bond donors (Lipinski definition) is 1. The lowest BCUT2D eigenvalue weighted by Crippen LogP contribution is -2.07. The minimum absolute atomic E-state index is 0.0459. The van der Waals surface area contributed by atoms with Crippen LogP contribution in [-0.2, 0) is 6.54 Å². The number of benzene rings is 1. The van der Waals surface area contributed by atoms with Crippen LogP contribution < -0.4 is 0 Å². The molecule has 0 unspecified atom stereocenters. The van der Waals surface area contributed by atoms with Crippen LogP contribution in [0, 0.1) is 16.7 Å².